The molecule has 0 saturated heterocycles. The highest BCUT2D eigenvalue weighted by atomic mass is 35.5. The number of hydrogen-bond acceptors (Lipinski definition) is 3. The molecule has 2 fully saturated rings. The number of nitrogens with zero attached hydrogens (tertiary/aromatic N) is 1. The summed E-state index contributed by atoms with van der Waals surface area (Å²) in [7, 11) is 0. The van der Waals surface area contributed by atoms with Gasteiger partial charge in [0, 0.05) is 22.0 Å². The largest absolute Gasteiger partial charge is 0.385 e. The number of aliphatic hydroxyl groups is 1. The molecule has 2 aromatic carbocycles. The van der Waals surface area contributed by atoms with E-state index in [0.29, 0.717) is 23.4 Å². The van der Waals surface area contributed by atoms with Gasteiger partial charge >= 0.3 is 0 Å². The Hall–Kier alpha value is -2.44. The second kappa shape index (κ2) is 5.78. The smallest absolute Gasteiger partial charge is 0.251 e. The molecule has 0 bridgehead atoms. The summed E-state index contributed by atoms with van der Waals surface area (Å²) < 4.78 is 13.3. The number of amides is 1. The highest BCUT2D eigenvalue weighted by molar-refractivity contribution is 6.31. The summed E-state index contributed by atoms with van der Waals surface area (Å²) in [6.45, 7) is 0. The van der Waals surface area contributed by atoms with Gasteiger partial charge in [0.1, 0.15) is 5.82 Å². The number of nitrogens with one attached hydrogen (secondary N) is 2. The lowest BCUT2D eigenvalue weighted by atomic mass is 9.86. The van der Waals surface area contributed by atoms with Gasteiger partial charge in [-0.2, -0.15) is 5.10 Å². The van der Waals surface area contributed by atoms with Crippen LogP contribution in [0.25, 0.3) is 10.9 Å². The molecule has 5 rings (SSSR count). The van der Waals surface area contributed by atoms with Crippen molar-refractivity contribution in [3.63, 3.8) is 0 Å². The van der Waals surface area contributed by atoms with E-state index in [4.69, 9.17) is 11.6 Å². The number of H-pyrrole nitrogens is 1. The highest BCUT2D eigenvalue weighted by Gasteiger charge is 2.62. The van der Waals surface area contributed by atoms with Gasteiger partial charge in [-0.25, -0.2) is 4.39 Å². The summed E-state index contributed by atoms with van der Waals surface area (Å²) in [4.78, 5) is 12.3. The molecule has 4 atom stereocenters. The van der Waals surface area contributed by atoms with Crippen LogP contribution in [-0.2, 0) is 5.60 Å². The Kier molecular flexibility index (Phi) is 3.58. The summed E-state index contributed by atoms with van der Waals surface area (Å²) >= 11 is 6.20. The van der Waals surface area contributed by atoms with Gasteiger partial charge in [0.2, 0.25) is 0 Å². The molecule has 0 unspecified atom stereocenters. The fourth-order valence-corrected chi connectivity index (χ4v) is 4.78. The maximum Gasteiger partial charge on any atom is 0.251 e. The van der Waals surface area contributed by atoms with Crippen molar-refractivity contribution < 1.29 is 14.3 Å². The van der Waals surface area contributed by atoms with Gasteiger partial charge < -0.3 is 10.4 Å². The average Bonchev–Trinajstić information content (AvgIpc) is 3.01. The third-order valence-corrected chi connectivity index (χ3v) is 6.11. The van der Waals surface area contributed by atoms with Crippen molar-refractivity contribution in [2.24, 2.45) is 11.8 Å². The van der Waals surface area contributed by atoms with Crippen LogP contribution in [0.5, 0.6) is 0 Å². The van der Waals surface area contributed by atoms with E-state index in [2.05, 4.69) is 15.5 Å². The molecule has 0 spiro atoms. The lowest BCUT2D eigenvalue weighted by Crippen LogP contribution is -2.33. The number of benzene rings is 2. The number of hydrogen-bond donors (Lipinski definition) is 3. The van der Waals surface area contributed by atoms with Gasteiger partial charge in [-0.05, 0) is 60.6 Å². The van der Waals surface area contributed by atoms with E-state index in [9.17, 15) is 14.3 Å². The molecule has 1 aromatic heterocycles. The standard InChI is InChI=1S/C20H17ClFN3O2/c21-11-5-16(15-9-23-25-17(15)6-11)20(27)7-13-14(8-20)18(13)24-19(26)10-2-1-3-12(22)4-10/h1-6,9,13-14,18,27H,7-8H2,(H,23,25)(H,24,26)/t13-,14+,18+,20+. The predicted octanol–water partition coefficient (Wildman–Crippen LogP) is 3.38. The van der Waals surface area contributed by atoms with Crippen molar-refractivity contribution >= 4 is 28.4 Å². The monoisotopic (exact) mass is 385 g/mol. The minimum Gasteiger partial charge on any atom is -0.385 e. The number of carbonyl (C=O) groups is 1. The fraction of sp³-hybridized carbons (Fsp3) is 0.300. The summed E-state index contributed by atoms with van der Waals surface area (Å²) in [5, 5.41) is 22.6. The molecule has 1 amide bonds. The topological polar surface area (TPSA) is 78.0 Å². The third-order valence-electron chi connectivity index (χ3n) is 5.89. The van der Waals surface area contributed by atoms with Gasteiger partial charge in [0.05, 0.1) is 17.3 Å². The van der Waals surface area contributed by atoms with Crippen molar-refractivity contribution in [1.29, 1.82) is 0 Å². The Morgan fingerprint density at radius 2 is 2.07 bits per heavy atom. The van der Waals surface area contributed by atoms with Crippen LogP contribution in [-0.4, -0.2) is 27.3 Å². The van der Waals surface area contributed by atoms with Crippen LogP contribution < -0.4 is 5.32 Å². The van der Waals surface area contributed by atoms with Gasteiger partial charge in [-0.15, -0.1) is 0 Å². The molecule has 1 heterocycles. The van der Waals surface area contributed by atoms with Crippen LogP contribution in [0, 0.1) is 17.7 Å². The first-order valence-electron chi connectivity index (χ1n) is 8.86. The first-order chi connectivity index (χ1) is 12.9. The van der Waals surface area contributed by atoms with E-state index < -0.39 is 11.4 Å². The van der Waals surface area contributed by atoms with Gasteiger partial charge in [-0.3, -0.25) is 9.89 Å². The SMILES string of the molecule is O=C(N[C@H]1[C@@H]2C[C@@](O)(c3cc(Cl)cc4[nH]ncc34)C[C@@H]21)c1cccc(F)c1. The molecule has 7 heteroatoms. The minimum absolute atomic E-state index is 0.0140. The number of aromatic nitrogens is 2. The number of carbonyl (C=O) groups excluding carboxylic acids is 1. The third kappa shape index (κ3) is 2.71. The fourth-order valence-electron chi connectivity index (χ4n) is 4.56. The van der Waals surface area contributed by atoms with Crippen LogP contribution in [0.15, 0.2) is 42.6 Å². The van der Waals surface area contributed by atoms with E-state index in [1.54, 1.807) is 24.4 Å². The molecule has 3 N–H and O–H groups in total. The summed E-state index contributed by atoms with van der Waals surface area (Å²) in [5.74, 6) is -0.308. The zero-order valence-corrected chi connectivity index (χ0v) is 15.0. The van der Waals surface area contributed by atoms with Crippen molar-refractivity contribution in [3.8, 4) is 0 Å². The van der Waals surface area contributed by atoms with E-state index >= 15 is 0 Å². The Bertz CT molecular complexity index is 1050. The number of halogens is 2. The summed E-state index contributed by atoms with van der Waals surface area (Å²) in [6.07, 6.45) is 2.80. The van der Waals surface area contributed by atoms with Crippen LogP contribution in [0.3, 0.4) is 0 Å². The Balaban J connectivity index is 1.33. The number of fused-ring (bicyclic) bond motifs is 2. The molecule has 3 aromatic rings. The molecule has 2 aliphatic rings. The highest BCUT2D eigenvalue weighted by Crippen LogP contribution is 2.60. The Labute approximate surface area is 159 Å². The minimum atomic E-state index is -0.984. The Morgan fingerprint density at radius 3 is 2.81 bits per heavy atom. The molecule has 0 radical (unpaired) electrons. The quantitative estimate of drug-likeness (QED) is 0.646. The maximum absolute atomic E-state index is 13.3. The van der Waals surface area contributed by atoms with Crippen molar-refractivity contribution in [2.75, 3.05) is 0 Å². The average molecular weight is 386 g/mol. The molecule has 5 nitrogen and oxygen atoms in total. The van der Waals surface area contributed by atoms with Crippen molar-refractivity contribution in [3.05, 3.63) is 64.6 Å². The Morgan fingerprint density at radius 1 is 1.30 bits per heavy atom. The molecule has 0 aliphatic heterocycles. The van der Waals surface area contributed by atoms with Crippen LogP contribution in [0.2, 0.25) is 5.02 Å². The van der Waals surface area contributed by atoms with E-state index in [1.807, 2.05) is 0 Å². The lowest BCUT2D eigenvalue weighted by molar-refractivity contribution is 0.0293. The van der Waals surface area contributed by atoms with Crippen LogP contribution in [0.4, 0.5) is 4.39 Å². The van der Waals surface area contributed by atoms with Crippen LogP contribution in [0.1, 0.15) is 28.8 Å². The second-order valence-electron chi connectivity index (χ2n) is 7.56. The van der Waals surface area contributed by atoms with Crippen molar-refractivity contribution in [1.82, 2.24) is 15.5 Å². The normalized spacial score (nSPS) is 28.9. The summed E-state index contributed by atoms with van der Waals surface area (Å²) in [5.41, 5.74) is 0.899. The molecular weight excluding hydrogens is 369 g/mol. The zero-order chi connectivity index (χ0) is 18.8. The first-order valence-corrected chi connectivity index (χ1v) is 9.24. The summed E-state index contributed by atoms with van der Waals surface area (Å²) in [6, 6.07) is 9.25. The van der Waals surface area contributed by atoms with Gasteiger partial charge in [-0.1, -0.05) is 17.7 Å². The van der Waals surface area contributed by atoms with Crippen LogP contribution >= 0.6 is 11.6 Å². The predicted molar refractivity (Wildman–Crippen MR) is 98.9 cm³/mol. The van der Waals surface area contributed by atoms with Gasteiger partial charge in [0.15, 0.2) is 0 Å². The maximum atomic E-state index is 13.3. The number of aromatic amines is 1. The van der Waals surface area contributed by atoms with E-state index in [1.165, 1.54) is 18.2 Å². The van der Waals surface area contributed by atoms with E-state index in [-0.39, 0.29) is 23.8 Å². The van der Waals surface area contributed by atoms with E-state index in [0.717, 1.165) is 16.5 Å². The second-order valence-corrected chi connectivity index (χ2v) is 8.00. The molecular formula is C20H17ClFN3O2. The van der Waals surface area contributed by atoms with Gasteiger partial charge in [0.25, 0.3) is 5.91 Å². The first kappa shape index (κ1) is 16.7. The molecule has 138 valence electrons. The van der Waals surface area contributed by atoms with Crippen molar-refractivity contribution in [2.45, 2.75) is 24.5 Å². The number of rotatable bonds is 3. The zero-order valence-electron chi connectivity index (χ0n) is 14.2. The lowest BCUT2D eigenvalue weighted by Gasteiger charge is -2.27. The molecule has 2 saturated carbocycles. The molecule has 2 aliphatic carbocycles. The molecule has 27 heavy (non-hydrogen) atoms.